The fourth-order valence-corrected chi connectivity index (χ4v) is 5.00. The largest absolute Gasteiger partial charge is 0.489 e. The third-order valence-corrected chi connectivity index (χ3v) is 7.53. The molecule has 0 bridgehead atoms. The zero-order valence-electron chi connectivity index (χ0n) is 28.3. The van der Waals surface area contributed by atoms with E-state index in [1.165, 1.54) is 11.1 Å². The van der Waals surface area contributed by atoms with Gasteiger partial charge in [-0.1, -0.05) is 144 Å². The van der Waals surface area contributed by atoms with Crippen molar-refractivity contribution < 1.29 is 9.53 Å². The van der Waals surface area contributed by atoms with Crippen molar-refractivity contribution in [2.45, 2.75) is 79.9 Å². The molecular formula is C41H55NO2. The van der Waals surface area contributed by atoms with E-state index in [2.05, 4.69) is 57.0 Å². The Morgan fingerprint density at radius 2 is 1.55 bits per heavy atom. The summed E-state index contributed by atoms with van der Waals surface area (Å²) in [4.78, 5) is 15.4. The van der Waals surface area contributed by atoms with Crippen LogP contribution in [0.2, 0.25) is 0 Å². The first-order valence-electron chi connectivity index (χ1n) is 16.1. The fourth-order valence-electron chi connectivity index (χ4n) is 5.00. The summed E-state index contributed by atoms with van der Waals surface area (Å²) in [5, 5.41) is 0. The number of rotatable bonds is 9. The minimum absolute atomic E-state index is 0.0169. The smallest absolute Gasteiger partial charge is 0.254 e. The number of nitrogens with zero attached hydrogens (tertiary/aromatic N) is 1. The van der Waals surface area contributed by atoms with Gasteiger partial charge in [0.15, 0.2) is 0 Å². The molecule has 0 radical (unpaired) electrons. The molecule has 1 aliphatic rings. The second kappa shape index (κ2) is 21.6. The van der Waals surface area contributed by atoms with Crippen molar-refractivity contribution in [3.05, 3.63) is 145 Å². The molecule has 236 valence electrons. The van der Waals surface area contributed by atoms with Gasteiger partial charge in [0.2, 0.25) is 0 Å². The first kappa shape index (κ1) is 37.9. The van der Waals surface area contributed by atoms with Crippen LogP contribution in [0.25, 0.3) is 5.57 Å². The van der Waals surface area contributed by atoms with Gasteiger partial charge in [0.1, 0.15) is 12.4 Å². The quantitative estimate of drug-likeness (QED) is 0.140. The molecule has 0 unspecified atom stereocenters. The van der Waals surface area contributed by atoms with Crippen LogP contribution in [-0.4, -0.2) is 23.4 Å². The third kappa shape index (κ3) is 11.9. The van der Waals surface area contributed by atoms with E-state index in [0.29, 0.717) is 30.6 Å². The van der Waals surface area contributed by atoms with Crippen molar-refractivity contribution in [3.63, 3.8) is 0 Å². The lowest BCUT2D eigenvalue weighted by atomic mass is 9.77. The van der Waals surface area contributed by atoms with Gasteiger partial charge in [0.25, 0.3) is 5.91 Å². The van der Waals surface area contributed by atoms with E-state index in [1.54, 1.807) is 0 Å². The molecule has 0 spiro atoms. The topological polar surface area (TPSA) is 29.5 Å². The van der Waals surface area contributed by atoms with Gasteiger partial charge in [-0.3, -0.25) is 4.79 Å². The Bertz CT molecular complexity index is 1290. The van der Waals surface area contributed by atoms with Crippen LogP contribution < -0.4 is 4.74 Å². The Labute approximate surface area is 268 Å². The molecule has 1 amide bonds. The van der Waals surface area contributed by atoms with Gasteiger partial charge in [0, 0.05) is 18.2 Å². The van der Waals surface area contributed by atoms with E-state index < -0.39 is 0 Å². The highest BCUT2D eigenvalue weighted by atomic mass is 16.5. The van der Waals surface area contributed by atoms with Gasteiger partial charge >= 0.3 is 0 Å². The standard InChI is InChI=1S/C31H33NO2.C6H10.2C2H6/c1-4-12-28-20-30(23(2)21-32(28)31(33)24(3)26-15-9-6-10-16-26)27-17-11-18-29(19-27)34-22-25-13-7-5-8-14-25;1-4-6(3)5-2;2*1-2/h4-11,13-19,23,28,30H,1,3,12,20-22H2,2H3;4-5H,1H2,2-3H3;2*1-2H3/b;6-5-;;/t23-,28-,30+;;;/m0.../s1. The van der Waals surface area contributed by atoms with Crippen molar-refractivity contribution in [1.82, 2.24) is 4.90 Å². The molecule has 0 aromatic heterocycles. The second-order valence-corrected chi connectivity index (χ2v) is 10.4. The van der Waals surface area contributed by atoms with Crippen LogP contribution in [0.15, 0.2) is 128 Å². The maximum atomic E-state index is 13.4. The van der Waals surface area contributed by atoms with Gasteiger partial charge in [-0.05, 0) is 67.3 Å². The number of piperidine rings is 1. The number of ether oxygens (including phenoxy) is 1. The lowest BCUT2D eigenvalue weighted by molar-refractivity contribution is -0.129. The minimum Gasteiger partial charge on any atom is -0.489 e. The van der Waals surface area contributed by atoms with Crippen LogP contribution in [0.5, 0.6) is 5.75 Å². The maximum absolute atomic E-state index is 13.4. The van der Waals surface area contributed by atoms with Gasteiger partial charge < -0.3 is 9.64 Å². The van der Waals surface area contributed by atoms with E-state index in [1.807, 2.05) is 119 Å². The van der Waals surface area contributed by atoms with Crippen molar-refractivity contribution in [2.24, 2.45) is 5.92 Å². The zero-order valence-corrected chi connectivity index (χ0v) is 28.3. The number of carbonyl (C=O) groups is 1. The van der Waals surface area contributed by atoms with Gasteiger partial charge in [0.05, 0.1) is 0 Å². The number of hydrogen-bond acceptors (Lipinski definition) is 2. The van der Waals surface area contributed by atoms with Crippen molar-refractivity contribution >= 4 is 11.5 Å². The molecule has 4 rings (SSSR count). The molecular weight excluding hydrogens is 538 g/mol. The third-order valence-electron chi connectivity index (χ3n) is 7.53. The SMILES string of the molecule is C=C/C(C)=C\C.C=CC[C@H]1C[C@@H](c2cccc(OCc3ccccc3)c2)[C@@H](C)CN1C(=O)C(=C)c1ccccc1.CC.CC. The predicted molar refractivity (Wildman–Crippen MR) is 192 cm³/mol. The lowest BCUT2D eigenvalue weighted by Crippen LogP contribution is -2.49. The summed E-state index contributed by atoms with van der Waals surface area (Å²) in [5.41, 5.74) is 5.08. The molecule has 3 heteroatoms. The molecule has 3 atom stereocenters. The molecule has 3 nitrogen and oxygen atoms in total. The number of allylic oxidation sites excluding steroid dienone is 3. The van der Waals surface area contributed by atoms with Crippen LogP contribution in [0, 0.1) is 5.92 Å². The van der Waals surface area contributed by atoms with Crippen molar-refractivity contribution in [3.8, 4) is 5.75 Å². The Hall–Kier alpha value is -4.11. The molecule has 0 N–H and O–H groups in total. The number of carbonyl (C=O) groups excluding carboxylic acids is 1. The molecule has 3 aromatic rings. The summed E-state index contributed by atoms with van der Waals surface area (Å²) in [7, 11) is 0. The summed E-state index contributed by atoms with van der Waals surface area (Å²) in [6, 6.07) is 28.5. The molecule has 1 saturated heterocycles. The Kier molecular flexibility index (Phi) is 18.6. The Balaban J connectivity index is 0.000000853. The highest BCUT2D eigenvalue weighted by Gasteiger charge is 2.36. The second-order valence-electron chi connectivity index (χ2n) is 10.4. The van der Waals surface area contributed by atoms with Crippen molar-refractivity contribution in [2.75, 3.05) is 6.54 Å². The maximum Gasteiger partial charge on any atom is 0.254 e. The molecule has 1 fully saturated rings. The average Bonchev–Trinajstić information content (AvgIpc) is 3.10. The number of amides is 1. The summed E-state index contributed by atoms with van der Waals surface area (Å²) in [5.74, 6) is 1.56. The predicted octanol–water partition coefficient (Wildman–Crippen LogP) is 11.1. The first-order valence-corrected chi connectivity index (χ1v) is 16.1. The van der Waals surface area contributed by atoms with Gasteiger partial charge in [-0.15, -0.1) is 6.58 Å². The van der Waals surface area contributed by atoms with Crippen LogP contribution in [0.4, 0.5) is 0 Å². The van der Waals surface area contributed by atoms with E-state index in [9.17, 15) is 4.79 Å². The van der Waals surface area contributed by atoms with E-state index in [0.717, 1.165) is 29.7 Å². The zero-order chi connectivity index (χ0) is 32.9. The number of likely N-dealkylation sites (tertiary alicyclic amines) is 1. The summed E-state index contributed by atoms with van der Waals surface area (Å²) in [6.07, 6.45) is 7.43. The summed E-state index contributed by atoms with van der Waals surface area (Å²) >= 11 is 0. The Morgan fingerprint density at radius 1 is 0.932 bits per heavy atom. The monoisotopic (exact) mass is 593 g/mol. The number of hydrogen-bond donors (Lipinski definition) is 0. The van der Waals surface area contributed by atoms with E-state index in [-0.39, 0.29) is 11.9 Å². The highest BCUT2D eigenvalue weighted by molar-refractivity contribution is 6.18. The molecule has 0 saturated carbocycles. The fraction of sp³-hybridized carbons (Fsp3) is 0.341. The van der Waals surface area contributed by atoms with Crippen molar-refractivity contribution in [1.29, 1.82) is 0 Å². The van der Waals surface area contributed by atoms with E-state index >= 15 is 0 Å². The van der Waals surface area contributed by atoms with Crippen LogP contribution in [-0.2, 0) is 11.4 Å². The van der Waals surface area contributed by atoms with Crippen LogP contribution in [0.3, 0.4) is 0 Å². The first-order chi connectivity index (χ1) is 21.4. The highest BCUT2D eigenvalue weighted by Crippen LogP contribution is 2.39. The average molecular weight is 594 g/mol. The molecule has 3 aromatic carbocycles. The summed E-state index contributed by atoms with van der Waals surface area (Å²) in [6.45, 7) is 27.1. The molecule has 1 aliphatic heterocycles. The summed E-state index contributed by atoms with van der Waals surface area (Å²) < 4.78 is 6.08. The normalized spacial score (nSPS) is 17.2. The Morgan fingerprint density at radius 3 is 2.09 bits per heavy atom. The van der Waals surface area contributed by atoms with Gasteiger partial charge in [-0.2, -0.15) is 0 Å². The molecule has 44 heavy (non-hydrogen) atoms. The molecule has 0 aliphatic carbocycles. The molecule has 1 heterocycles. The van der Waals surface area contributed by atoms with E-state index in [4.69, 9.17) is 4.74 Å². The lowest BCUT2D eigenvalue weighted by Gasteiger charge is -2.43. The minimum atomic E-state index is 0.0169. The van der Waals surface area contributed by atoms with Crippen LogP contribution in [0.1, 0.15) is 83.9 Å². The van der Waals surface area contributed by atoms with Crippen LogP contribution >= 0.6 is 0 Å². The number of benzene rings is 3. The van der Waals surface area contributed by atoms with Gasteiger partial charge in [-0.25, -0.2) is 0 Å².